The number of carbonyl (C=O) groups excluding carboxylic acids is 3. The third-order valence-electron chi connectivity index (χ3n) is 3.77. The SMILES string of the molecule is NC(=O)C(=O)C(Cc1ccccc1)NC(=O)c1nnsc1-c1cccnc1. The highest BCUT2D eigenvalue weighted by Gasteiger charge is 2.28. The number of nitrogens with one attached hydrogen (secondary N) is 1. The predicted octanol–water partition coefficient (Wildman–Crippen LogP) is 0.996. The minimum absolute atomic E-state index is 0.0586. The number of nitrogens with two attached hydrogens (primary N) is 1. The van der Waals surface area contributed by atoms with Crippen LogP contribution in [-0.2, 0) is 16.0 Å². The Morgan fingerprint density at radius 1 is 1.11 bits per heavy atom. The maximum atomic E-state index is 12.7. The van der Waals surface area contributed by atoms with Gasteiger partial charge >= 0.3 is 0 Å². The number of rotatable bonds is 7. The third-order valence-corrected chi connectivity index (χ3v) is 4.55. The van der Waals surface area contributed by atoms with Crippen molar-refractivity contribution >= 4 is 29.1 Å². The van der Waals surface area contributed by atoms with E-state index in [1.807, 2.05) is 6.07 Å². The summed E-state index contributed by atoms with van der Waals surface area (Å²) in [6, 6.07) is 11.4. The minimum atomic E-state index is -1.11. The van der Waals surface area contributed by atoms with Gasteiger partial charge in [-0.3, -0.25) is 19.4 Å². The Morgan fingerprint density at radius 3 is 2.56 bits per heavy atom. The van der Waals surface area contributed by atoms with Gasteiger partial charge in [-0.1, -0.05) is 40.9 Å². The largest absolute Gasteiger partial charge is 0.363 e. The van der Waals surface area contributed by atoms with Gasteiger partial charge in [0.25, 0.3) is 11.8 Å². The molecule has 3 N–H and O–H groups in total. The molecule has 9 heteroatoms. The van der Waals surface area contributed by atoms with Crippen molar-refractivity contribution in [3.05, 3.63) is 66.1 Å². The van der Waals surface area contributed by atoms with E-state index in [1.165, 1.54) is 0 Å². The standard InChI is InChI=1S/C18H15N5O3S/c19-17(25)15(24)13(9-11-5-2-1-3-6-11)21-18(26)14-16(27-23-22-14)12-7-4-8-20-10-12/h1-8,10,13H,9H2,(H2,19,25)(H,21,26). The molecule has 1 atom stereocenters. The van der Waals surface area contributed by atoms with E-state index in [-0.39, 0.29) is 12.1 Å². The van der Waals surface area contributed by atoms with Crippen molar-refractivity contribution in [2.24, 2.45) is 5.73 Å². The summed E-state index contributed by atoms with van der Waals surface area (Å²) in [6.07, 6.45) is 3.33. The van der Waals surface area contributed by atoms with Crippen LogP contribution < -0.4 is 11.1 Å². The van der Waals surface area contributed by atoms with Gasteiger partial charge in [-0.2, -0.15) is 0 Å². The van der Waals surface area contributed by atoms with Crippen molar-refractivity contribution in [1.29, 1.82) is 0 Å². The molecule has 0 saturated heterocycles. The van der Waals surface area contributed by atoms with Crippen LogP contribution in [0.3, 0.4) is 0 Å². The number of pyridine rings is 1. The second-order valence-electron chi connectivity index (χ2n) is 5.64. The topological polar surface area (TPSA) is 128 Å². The molecule has 27 heavy (non-hydrogen) atoms. The molecule has 136 valence electrons. The fourth-order valence-corrected chi connectivity index (χ4v) is 3.13. The number of carbonyl (C=O) groups is 3. The molecular weight excluding hydrogens is 366 g/mol. The van der Waals surface area contributed by atoms with Gasteiger partial charge in [-0.05, 0) is 23.2 Å². The van der Waals surface area contributed by atoms with E-state index in [0.717, 1.165) is 17.1 Å². The van der Waals surface area contributed by atoms with Crippen LogP contribution in [-0.4, -0.2) is 38.2 Å². The molecule has 1 unspecified atom stereocenters. The van der Waals surface area contributed by atoms with Gasteiger partial charge < -0.3 is 11.1 Å². The Morgan fingerprint density at radius 2 is 1.89 bits per heavy atom. The van der Waals surface area contributed by atoms with Crippen molar-refractivity contribution < 1.29 is 14.4 Å². The van der Waals surface area contributed by atoms with Crippen molar-refractivity contribution in [3.8, 4) is 10.4 Å². The second-order valence-corrected chi connectivity index (χ2v) is 6.39. The first-order valence-corrected chi connectivity index (χ1v) is 8.74. The number of hydrogen-bond acceptors (Lipinski definition) is 7. The van der Waals surface area contributed by atoms with Crippen molar-refractivity contribution in [1.82, 2.24) is 19.9 Å². The van der Waals surface area contributed by atoms with Gasteiger partial charge in [0.15, 0.2) is 5.69 Å². The Bertz CT molecular complexity index is 959. The second kappa shape index (κ2) is 8.28. The monoisotopic (exact) mass is 381 g/mol. The van der Waals surface area contributed by atoms with Crippen LogP contribution in [0.15, 0.2) is 54.9 Å². The maximum absolute atomic E-state index is 12.7. The summed E-state index contributed by atoms with van der Waals surface area (Å²) in [7, 11) is 0. The lowest BCUT2D eigenvalue weighted by molar-refractivity contribution is -0.137. The lowest BCUT2D eigenvalue weighted by Crippen LogP contribution is -2.47. The van der Waals surface area contributed by atoms with E-state index in [1.54, 1.807) is 48.8 Å². The summed E-state index contributed by atoms with van der Waals surface area (Å²) in [5.41, 5.74) is 6.65. The number of benzene rings is 1. The van der Waals surface area contributed by atoms with Gasteiger partial charge in [0.2, 0.25) is 5.78 Å². The van der Waals surface area contributed by atoms with E-state index in [4.69, 9.17) is 5.73 Å². The van der Waals surface area contributed by atoms with E-state index >= 15 is 0 Å². The lowest BCUT2D eigenvalue weighted by Gasteiger charge is -2.16. The van der Waals surface area contributed by atoms with Gasteiger partial charge in [0.1, 0.15) is 6.04 Å². The molecule has 2 amide bonds. The van der Waals surface area contributed by atoms with Gasteiger partial charge in [0.05, 0.1) is 4.88 Å². The third kappa shape index (κ3) is 4.39. The summed E-state index contributed by atoms with van der Waals surface area (Å²) in [4.78, 5) is 40.8. The molecular formula is C18H15N5O3S. The quantitative estimate of drug-likeness (QED) is 0.588. The minimum Gasteiger partial charge on any atom is -0.363 e. The summed E-state index contributed by atoms with van der Waals surface area (Å²) < 4.78 is 3.82. The van der Waals surface area contributed by atoms with E-state index in [9.17, 15) is 14.4 Å². The average molecular weight is 381 g/mol. The molecule has 8 nitrogen and oxygen atoms in total. The molecule has 0 aliphatic carbocycles. The summed E-state index contributed by atoms with van der Waals surface area (Å²) >= 11 is 1.04. The summed E-state index contributed by atoms with van der Waals surface area (Å²) in [5, 5.41) is 6.41. The average Bonchev–Trinajstić information content (AvgIpc) is 3.18. The Hall–Kier alpha value is -3.46. The molecule has 0 bridgehead atoms. The molecule has 0 saturated carbocycles. The van der Waals surface area contributed by atoms with Gasteiger partial charge in [0, 0.05) is 24.4 Å². The number of hydrogen-bond donors (Lipinski definition) is 2. The maximum Gasteiger partial charge on any atom is 0.287 e. The number of primary amides is 1. The van der Waals surface area contributed by atoms with Crippen LogP contribution in [0.2, 0.25) is 0 Å². The molecule has 0 spiro atoms. The number of aromatic nitrogens is 3. The normalized spacial score (nSPS) is 11.6. The molecule has 0 radical (unpaired) electrons. The van der Waals surface area contributed by atoms with Crippen LogP contribution in [0.25, 0.3) is 10.4 Å². The zero-order chi connectivity index (χ0) is 19.2. The van der Waals surface area contributed by atoms with E-state index in [0.29, 0.717) is 10.4 Å². The first-order chi connectivity index (χ1) is 13.1. The van der Waals surface area contributed by atoms with Crippen molar-refractivity contribution in [3.63, 3.8) is 0 Å². The lowest BCUT2D eigenvalue weighted by atomic mass is 10.0. The van der Waals surface area contributed by atoms with Crippen LogP contribution in [0.4, 0.5) is 0 Å². The van der Waals surface area contributed by atoms with Gasteiger partial charge in [-0.15, -0.1) is 5.10 Å². The fraction of sp³-hybridized carbons (Fsp3) is 0.111. The number of nitrogens with zero attached hydrogens (tertiary/aromatic N) is 3. The fourth-order valence-electron chi connectivity index (χ4n) is 2.48. The first-order valence-electron chi connectivity index (χ1n) is 7.97. The molecule has 1 aromatic carbocycles. The zero-order valence-corrected chi connectivity index (χ0v) is 14.8. The smallest absolute Gasteiger partial charge is 0.287 e. The van der Waals surface area contributed by atoms with Crippen molar-refractivity contribution in [2.75, 3.05) is 0 Å². The van der Waals surface area contributed by atoms with E-state index < -0.39 is 23.6 Å². The molecule has 0 aliphatic rings. The van der Waals surface area contributed by atoms with Crippen molar-refractivity contribution in [2.45, 2.75) is 12.5 Å². The Kier molecular flexibility index (Phi) is 5.62. The molecule has 3 rings (SSSR count). The Labute approximate surface area is 158 Å². The molecule has 2 heterocycles. The zero-order valence-electron chi connectivity index (χ0n) is 14.0. The highest BCUT2D eigenvalue weighted by atomic mass is 32.1. The van der Waals surface area contributed by atoms with Gasteiger partial charge in [-0.25, -0.2) is 0 Å². The molecule has 0 fully saturated rings. The molecule has 0 aliphatic heterocycles. The summed E-state index contributed by atoms with van der Waals surface area (Å²) in [5.74, 6) is -2.60. The first kappa shape index (κ1) is 18.3. The highest BCUT2D eigenvalue weighted by molar-refractivity contribution is 7.09. The Balaban J connectivity index is 1.84. The van der Waals surface area contributed by atoms with E-state index in [2.05, 4.69) is 19.9 Å². The van der Waals surface area contributed by atoms with Crippen LogP contribution in [0, 0.1) is 0 Å². The van der Waals surface area contributed by atoms with Crippen LogP contribution >= 0.6 is 11.5 Å². The predicted molar refractivity (Wildman–Crippen MR) is 98.7 cm³/mol. The number of Topliss-reactive ketones (excluding diaryl/α,β-unsaturated/α-hetero) is 1. The summed E-state index contributed by atoms with van der Waals surface area (Å²) in [6.45, 7) is 0. The molecule has 3 aromatic rings. The van der Waals surface area contributed by atoms with Crippen LogP contribution in [0.1, 0.15) is 16.1 Å². The van der Waals surface area contributed by atoms with Crippen LogP contribution in [0.5, 0.6) is 0 Å². The number of ketones is 1. The highest BCUT2D eigenvalue weighted by Crippen LogP contribution is 2.25. The number of amides is 2. The molecule has 2 aromatic heterocycles.